The third-order valence-electron chi connectivity index (χ3n) is 5.26. The number of Topliss-reactive ketones (excluding diaryl/α,β-unsaturated/α-hetero) is 1. The van der Waals surface area contributed by atoms with E-state index in [0.29, 0.717) is 36.6 Å². The number of hydrogen-bond donors (Lipinski definition) is 1. The summed E-state index contributed by atoms with van der Waals surface area (Å²) in [5.74, 6) is -0.633. The summed E-state index contributed by atoms with van der Waals surface area (Å²) in [5.41, 5.74) is 1.47. The van der Waals surface area contributed by atoms with Crippen LogP contribution in [-0.4, -0.2) is 34.8 Å². The van der Waals surface area contributed by atoms with E-state index >= 15 is 0 Å². The summed E-state index contributed by atoms with van der Waals surface area (Å²) in [6.45, 7) is 2.65. The van der Waals surface area contributed by atoms with Crippen LogP contribution in [0.5, 0.6) is 5.75 Å². The van der Waals surface area contributed by atoms with Crippen LogP contribution in [0.4, 0.5) is 0 Å². The van der Waals surface area contributed by atoms with Gasteiger partial charge in [-0.25, -0.2) is 0 Å². The smallest absolute Gasteiger partial charge is 0.295 e. The number of aliphatic hydroxyl groups excluding tert-OH is 1. The molecule has 158 valence electrons. The lowest BCUT2D eigenvalue weighted by molar-refractivity contribution is -0.140. The van der Waals surface area contributed by atoms with Crippen molar-refractivity contribution in [1.82, 2.24) is 4.90 Å². The monoisotopic (exact) mass is 417 g/mol. The Morgan fingerprint density at radius 1 is 1.06 bits per heavy atom. The van der Waals surface area contributed by atoms with Gasteiger partial charge >= 0.3 is 0 Å². The van der Waals surface area contributed by atoms with E-state index in [4.69, 9.17) is 9.15 Å². The van der Waals surface area contributed by atoms with E-state index < -0.39 is 17.7 Å². The van der Waals surface area contributed by atoms with E-state index in [1.807, 2.05) is 37.3 Å². The van der Waals surface area contributed by atoms with Gasteiger partial charge < -0.3 is 19.2 Å². The van der Waals surface area contributed by atoms with Crippen molar-refractivity contribution in [3.05, 3.63) is 95.5 Å². The maximum atomic E-state index is 13.0. The topological polar surface area (TPSA) is 80.0 Å². The second-order valence-electron chi connectivity index (χ2n) is 7.20. The van der Waals surface area contributed by atoms with Crippen molar-refractivity contribution in [1.29, 1.82) is 0 Å². The maximum absolute atomic E-state index is 13.0. The molecule has 0 spiro atoms. The Morgan fingerprint density at radius 3 is 2.58 bits per heavy atom. The van der Waals surface area contributed by atoms with Crippen LogP contribution in [0, 0.1) is 0 Å². The minimum absolute atomic E-state index is 0.0154. The first-order chi connectivity index (χ1) is 15.1. The highest BCUT2D eigenvalue weighted by Gasteiger charge is 2.47. The number of benzene rings is 2. The van der Waals surface area contributed by atoms with Gasteiger partial charge in [-0.2, -0.15) is 0 Å². The van der Waals surface area contributed by atoms with E-state index in [9.17, 15) is 14.7 Å². The molecule has 1 aromatic heterocycles. The zero-order chi connectivity index (χ0) is 21.8. The summed E-state index contributed by atoms with van der Waals surface area (Å²) in [6.07, 6.45) is 2.06. The quantitative estimate of drug-likeness (QED) is 0.351. The standard InChI is InChI=1S/C25H23NO5/c1-2-30-19-11-6-10-18(16-19)23(27)21-22(20-12-7-15-31-20)26(25(29)24(21)28)14-13-17-8-4-3-5-9-17/h3-12,15-16,22,27H,2,13-14H2,1H3/b23-21+. The van der Waals surface area contributed by atoms with Crippen LogP contribution in [0.2, 0.25) is 0 Å². The number of carbonyl (C=O) groups is 2. The van der Waals surface area contributed by atoms with Gasteiger partial charge in [-0.05, 0) is 43.2 Å². The summed E-state index contributed by atoms with van der Waals surface area (Å²) >= 11 is 0. The Morgan fingerprint density at radius 2 is 1.87 bits per heavy atom. The summed E-state index contributed by atoms with van der Waals surface area (Å²) < 4.78 is 11.1. The number of hydrogen-bond acceptors (Lipinski definition) is 5. The van der Waals surface area contributed by atoms with E-state index in [0.717, 1.165) is 5.56 Å². The highest BCUT2D eigenvalue weighted by Crippen LogP contribution is 2.39. The third-order valence-corrected chi connectivity index (χ3v) is 5.26. The molecule has 1 aliphatic rings. The van der Waals surface area contributed by atoms with Crippen molar-refractivity contribution < 1.29 is 23.8 Å². The zero-order valence-electron chi connectivity index (χ0n) is 17.2. The number of amides is 1. The molecule has 1 saturated heterocycles. The first-order valence-electron chi connectivity index (χ1n) is 10.2. The van der Waals surface area contributed by atoms with Gasteiger partial charge in [-0.1, -0.05) is 42.5 Å². The Balaban J connectivity index is 1.74. The van der Waals surface area contributed by atoms with Crippen LogP contribution in [0.15, 0.2) is 83.0 Å². The molecule has 6 heteroatoms. The Hall–Kier alpha value is -3.80. The Kier molecular flexibility index (Phi) is 5.89. The van der Waals surface area contributed by atoms with Crippen molar-refractivity contribution >= 4 is 17.4 Å². The van der Waals surface area contributed by atoms with Crippen molar-refractivity contribution in [2.75, 3.05) is 13.2 Å². The zero-order valence-corrected chi connectivity index (χ0v) is 17.2. The number of aliphatic hydroxyl groups is 1. The third kappa shape index (κ3) is 4.10. The molecular weight excluding hydrogens is 394 g/mol. The van der Waals surface area contributed by atoms with Crippen LogP contribution in [0.25, 0.3) is 5.76 Å². The number of rotatable bonds is 7. The van der Waals surface area contributed by atoms with Crippen LogP contribution in [0.1, 0.15) is 29.9 Å². The maximum Gasteiger partial charge on any atom is 0.295 e. The predicted molar refractivity (Wildman–Crippen MR) is 115 cm³/mol. The van der Waals surface area contributed by atoms with Crippen molar-refractivity contribution in [3.8, 4) is 5.75 Å². The molecule has 1 amide bonds. The molecule has 0 saturated carbocycles. The predicted octanol–water partition coefficient (Wildman–Crippen LogP) is 4.34. The molecule has 1 N–H and O–H groups in total. The molecule has 3 aromatic rings. The number of nitrogens with zero attached hydrogens (tertiary/aromatic N) is 1. The molecule has 2 aromatic carbocycles. The largest absolute Gasteiger partial charge is 0.507 e. The van der Waals surface area contributed by atoms with Gasteiger partial charge in [0.05, 0.1) is 18.4 Å². The molecular formula is C25H23NO5. The first-order valence-corrected chi connectivity index (χ1v) is 10.2. The fourth-order valence-corrected chi connectivity index (χ4v) is 3.80. The average Bonchev–Trinajstić information content (AvgIpc) is 3.40. The van der Waals surface area contributed by atoms with Gasteiger partial charge in [-0.3, -0.25) is 9.59 Å². The van der Waals surface area contributed by atoms with Crippen LogP contribution < -0.4 is 4.74 Å². The first kappa shape index (κ1) is 20.5. The number of likely N-dealkylation sites (tertiary alicyclic amines) is 1. The molecule has 1 fully saturated rings. The van der Waals surface area contributed by atoms with Crippen molar-refractivity contribution in [2.45, 2.75) is 19.4 Å². The molecule has 1 aliphatic heterocycles. The highest BCUT2D eigenvalue weighted by molar-refractivity contribution is 6.46. The van der Waals surface area contributed by atoms with Crippen LogP contribution in [0.3, 0.4) is 0 Å². The molecule has 2 heterocycles. The van der Waals surface area contributed by atoms with Gasteiger partial charge in [-0.15, -0.1) is 0 Å². The summed E-state index contributed by atoms with van der Waals surface area (Å²) in [4.78, 5) is 27.4. The lowest BCUT2D eigenvalue weighted by Crippen LogP contribution is -2.31. The normalized spacial score (nSPS) is 17.8. The van der Waals surface area contributed by atoms with Gasteiger partial charge in [0.15, 0.2) is 0 Å². The fraction of sp³-hybridized carbons (Fsp3) is 0.200. The van der Waals surface area contributed by atoms with Gasteiger partial charge in [0, 0.05) is 12.1 Å². The highest BCUT2D eigenvalue weighted by atomic mass is 16.5. The Labute approximate surface area is 180 Å². The molecule has 31 heavy (non-hydrogen) atoms. The molecule has 4 rings (SSSR count). The molecule has 0 aliphatic carbocycles. The van der Waals surface area contributed by atoms with Gasteiger partial charge in [0.2, 0.25) is 0 Å². The number of furan rings is 1. The second-order valence-corrected chi connectivity index (χ2v) is 7.20. The second kappa shape index (κ2) is 8.92. The molecule has 0 bridgehead atoms. The minimum Gasteiger partial charge on any atom is -0.507 e. The average molecular weight is 417 g/mol. The Bertz CT molecular complexity index is 1100. The summed E-state index contributed by atoms with van der Waals surface area (Å²) in [5, 5.41) is 11.1. The van der Waals surface area contributed by atoms with Crippen LogP contribution in [-0.2, 0) is 16.0 Å². The van der Waals surface area contributed by atoms with Crippen molar-refractivity contribution in [2.24, 2.45) is 0 Å². The van der Waals surface area contributed by atoms with E-state index in [1.165, 1.54) is 11.2 Å². The molecule has 1 unspecified atom stereocenters. The number of ketones is 1. The number of carbonyl (C=O) groups excluding carboxylic acids is 2. The van der Waals surface area contributed by atoms with E-state index in [1.54, 1.807) is 36.4 Å². The van der Waals surface area contributed by atoms with Crippen molar-refractivity contribution in [3.63, 3.8) is 0 Å². The molecule has 6 nitrogen and oxygen atoms in total. The molecule has 0 radical (unpaired) electrons. The summed E-state index contributed by atoms with van der Waals surface area (Å²) in [6, 6.07) is 19.1. The van der Waals surface area contributed by atoms with Crippen LogP contribution >= 0.6 is 0 Å². The lowest BCUT2D eigenvalue weighted by atomic mass is 9.99. The minimum atomic E-state index is -0.797. The number of ether oxygens (including phenoxy) is 1. The SMILES string of the molecule is CCOc1cccc(/C(O)=C2\C(=O)C(=O)N(CCc3ccccc3)C2c2ccco2)c1. The lowest BCUT2D eigenvalue weighted by Gasteiger charge is -2.23. The fourth-order valence-electron chi connectivity index (χ4n) is 3.80. The van der Waals surface area contributed by atoms with E-state index in [-0.39, 0.29) is 11.3 Å². The van der Waals surface area contributed by atoms with E-state index in [2.05, 4.69) is 0 Å². The van der Waals surface area contributed by atoms with Gasteiger partial charge in [0.1, 0.15) is 23.3 Å². The van der Waals surface area contributed by atoms with Gasteiger partial charge in [0.25, 0.3) is 11.7 Å². The molecule has 1 atom stereocenters. The summed E-state index contributed by atoms with van der Waals surface area (Å²) in [7, 11) is 0.